The van der Waals surface area contributed by atoms with Crippen molar-refractivity contribution in [2.75, 3.05) is 26.3 Å². The van der Waals surface area contributed by atoms with Crippen molar-refractivity contribution in [2.24, 2.45) is 4.99 Å². The van der Waals surface area contributed by atoms with Crippen LogP contribution in [0.25, 0.3) is 0 Å². The number of halogens is 4. The first-order valence-electron chi connectivity index (χ1n) is 8.77. The molecule has 0 fully saturated rings. The van der Waals surface area contributed by atoms with E-state index in [9.17, 15) is 13.2 Å². The zero-order valence-corrected chi connectivity index (χ0v) is 17.9. The topological polar surface area (TPSA) is 58.8 Å². The highest BCUT2D eigenvalue weighted by Gasteiger charge is 2.30. The van der Waals surface area contributed by atoms with E-state index in [1.54, 1.807) is 12.3 Å². The van der Waals surface area contributed by atoms with Crippen molar-refractivity contribution < 1.29 is 22.3 Å². The molecule has 9 heteroatoms. The van der Waals surface area contributed by atoms with Crippen LogP contribution in [0, 0.1) is 0 Å². The molecule has 0 aliphatic carbocycles. The fraction of sp³-hybridized carbons (Fsp3) is 0.421. The number of nitrogens with zero attached hydrogens (tertiary/aromatic N) is 1. The lowest BCUT2D eigenvalue weighted by Gasteiger charge is -2.13. The van der Waals surface area contributed by atoms with E-state index >= 15 is 0 Å². The number of alkyl halides is 3. The Bertz CT molecular complexity index is 707. The normalized spacial score (nSPS) is 11.8. The van der Waals surface area contributed by atoms with Gasteiger partial charge >= 0.3 is 6.18 Å². The minimum Gasteiger partial charge on any atom is -0.469 e. The first-order valence-corrected chi connectivity index (χ1v) is 8.77. The highest BCUT2D eigenvalue weighted by atomic mass is 127. The lowest BCUT2D eigenvalue weighted by Crippen LogP contribution is -2.40. The molecule has 0 atom stereocenters. The number of aliphatic imine (C=N–C) groups is 1. The van der Waals surface area contributed by atoms with Gasteiger partial charge in [-0.3, -0.25) is 0 Å². The average molecular weight is 511 g/mol. The van der Waals surface area contributed by atoms with Crippen LogP contribution in [-0.4, -0.2) is 32.3 Å². The summed E-state index contributed by atoms with van der Waals surface area (Å²) in [6, 6.07) is 8.88. The summed E-state index contributed by atoms with van der Waals surface area (Å²) < 4.78 is 49.0. The van der Waals surface area contributed by atoms with Crippen molar-refractivity contribution in [1.29, 1.82) is 0 Å². The molecule has 1 aromatic heterocycles. The number of rotatable bonds is 9. The zero-order valence-electron chi connectivity index (χ0n) is 15.6. The van der Waals surface area contributed by atoms with Crippen molar-refractivity contribution in [2.45, 2.75) is 26.1 Å². The Balaban J connectivity index is 0.00000392. The molecule has 0 unspecified atom stereocenters. The summed E-state index contributed by atoms with van der Waals surface area (Å²) in [5.74, 6) is 1.35. The zero-order chi connectivity index (χ0) is 19.5. The molecule has 2 aromatic rings. The van der Waals surface area contributed by atoms with Gasteiger partial charge in [0.05, 0.1) is 25.0 Å². The molecule has 156 valence electrons. The van der Waals surface area contributed by atoms with Crippen LogP contribution < -0.4 is 10.6 Å². The Morgan fingerprint density at radius 2 is 1.93 bits per heavy atom. The number of hydrogen-bond acceptors (Lipinski definition) is 3. The highest BCUT2D eigenvalue weighted by molar-refractivity contribution is 14.0. The summed E-state index contributed by atoms with van der Waals surface area (Å²) >= 11 is 0. The summed E-state index contributed by atoms with van der Waals surface area (Å²) in [5, 5.41) is 6.26. The largest absolute Gasteiger partial charge is 0.469 e. The molecule has 28 heavy (non-hydrogen) atoms. The number of nitrogens with one attached hydrogen (secondary N) is 2. The van der Waals surface area contributed by atoms with Gasteiger partial charge in [0.1, 0.15) is 5.76 Å². The van der Waals surface area contributed by atoms with Gasteiger partial charge in [0.2, 0.25) is 0 Å². The van der Waals surface area contributed by atoms with Gasteiger partial charge < -0.3 is 19.8 Å². The second kappa shape index (κ2) is 12.7. The Labute approximate surface area is 179 Å². The molecule has 5 nitrogen and oxygen atoms in total. The molecule has 0 saturated carbocycles. The average Bonchev–Trinajstić information content (AvgIpc) is 3.15. The van der Waals surface area contributed by atoms with Gasteiger partial charge in [-0.1, -0.05) is 12.1 Å². The van der Waals surface area contributed by atoms with E-state index in [1.807, 2.05) is 19.1 Å². The van der Waals surface area contributed by atoms with E-state index in [4.69, 9.17) is 9.15 Å². The van der Waals surface area contributed by atoms with Crippen molar-refractivity contribution in [3.63, 3.8) is 0 Å². The van der Waals surface area contributed by atoms with Crippen LogP contribution in [-0.2, 0) is 23.9 Å². The van der Waals surface area contributed by atoms with Crippen LogP contribution >= 0.6 is 24.0 Å². The van der Waals surface area contributed by atoms with Crippen LogP contribution in [0.2, 0.25) is 0 Å². The molecule has 0 aliphatic heterocycles. The fourth-order valence-corrected chi connectivity index (χ4v) is 2.34. The molecule has 0 spiro atoms. The summed E-state index contributed by atoms with van der Waals surface area (Å²) in [7, 11) is 0. The Kier molecular flexibility index (Phi) is 11.0. The van der Waals surface area contributed by atoms with Gasteiger partial charge in [-0.15, -0.1) is 24.0 Å². The third-order valence-corrected chi connectivity index (χ3v) is 3.66. The lowest BCUT2D eigenvalue weighted by molar-refractivity contribution is -0.137. The number of guanidine groups is 1. The molecular formula is C19H25F3IN3O2. The molecule has 2 N–H and O–H groups in total. The van der Waals surface area contributed by atoms with Gasteiger partial charge in [-0.25, -0.2) is 4.99 Å². The minimum atomic E-state index is -4.36. The third-order valence-electron chi connectivity index (χ3n) is 3.66. The summed E-state index contributed by atoms with van der Waals surface area (Å²) in [6.45, 7) is 4.29. The molecule has 0 amide bonds. The van der Waals surface area contributed by atoms with Gasteiger partial charge in [0, 0.05) is 26.1 Å². The summed E-state index contributed by atoms with van der Waals surface area (Å²) in [6.07, 6.45) is -2.08. The smallest absolute Gasteiger partial charge is 0.416 e. The molecule has 1 aromatic carbocycles. The van der Waals surface area contributed by atoms with E-state index in [0.29, 0.717) is 44.2 Å². The molecule has 0 saturated heterocycles. The van der Waals surface area contributed by atoms with Crippen molar-refractivity contribution in [3.8, 4) is 0 Å². The van der Waals surface area contributed by atoms with Gasteiger partial charge in [0.25, 0.3) is 0 Å². The van der Waals surface area contributed by atoms with E-state index in [-0.39, 0.29) is 30.5 Å². The number of benzene rings is 1. The number of furan rings is 1. The fourth-order valence-electron chi connectivity index (χ4n) is 2.34. The quantitative estimate of drug-likeness (QED) is 0.229. The van der Waals surface area contributed by atoms with Gasteiger partial charge in [-0.2, -0.15) is 13.2 Å². The van der Waals surface area contributed by atoms with Crippen molar-refractivity contribution in [1.82, 2.24) is 10.6 Å². The minimum absolute atomic E-state index is 0. The molecular weight excluding hydrogens is 486 g/mol. The highest BCUT2D eigenvalue weighted by Crippen LogP contribution is 2.29. The van der Waals surface area contributed by atoms with Gasteiger partial charge in [-0.05, 0) is 36.8 Å². The second-order valence-corrected chi connectivity index (χ2v) is 5.74. The maximum atomic E-state index is 12.8. The standard InChI is InChI=1S/C19H24F3N3O2.HI/c1-2-26-12-10-24-18(23-9-8-17-7-4-11-27-17)25-14-15-5-3-6-16(13-15)19(20,21)22;/h3-7,11,13H,2,8-10,12,14H2,1H3,(H2,23,24,25);1H. The van der Waals surface area contributed by atoms with E-state index in [2.05, 4.69) is 15.6 Å². The Morgan fingerprint density at radius 1 is 1.14 bits per heavy atom. The van der Waals surface area contributed by atoms with Crippen LogP contribution in [0.3, 0.4) is 0 Å². The number of hydrogen-bond donors (Lipinski definition) is 2. The Hall–Kier alpha value is -1.75. The van der Waals surface area contributed by atoms with E-state index in [1.165, 1.54) is 6.07 Å². The van der Waals surface area contributed by atoms with Crippen LogP contribution in [0.4, 0.5) is 13.2 Å². The monoisotopic (exact) mass is 511 g/mol. The van der Waals surface area contributed by atoms with Crippen LogP contribution in [0.1, 0.15) is 23.8 Å². The van der Waals surface area contributed by atoms with Crippen LogP contribution in [0.15, 0.2) is 52.1 Å². The SMILES string of the molecule is CCOCCNC(=NCc1cccc(C(F)(F)F)c1)NCCc1ccco1.I. The predicted molar refractivity (Wildman–Crippen MR) is 113 cm³/mol. The van der Waals surface area contributed by atoms with Crippen LogP contribution in [0.5, 0.6) is 0 Å². The maximum absolute atomic E-state index is 12.8. The van der Waals surface area contributed by atoms with Crippen molar-refractivity contribution in [3.05, 3.63) is 59.5 Å². The maximum Gasteiger partial charge on any atom is 0.416 e. The molecule has 0 bridgehead atoms. The molecule has 2 rings (SSSR count). The molecule has 1 heterocycles. The Morgan fingerprint density at radius 3 is 2.61 bits per heavy atom. The first kappa shape index (κ1) is 24.3. The number of ether oxygens (including phenoxy) is 1. The first-order chi connectivity index (χ1) is 13.0. The lowest BCUT2D eigenvalue weighted by atomic mass is 10.1. The third kappa shape index (κ3) is 8.96. The van der Waals surface area contributed by atoms with E-state index < -0.39 is 11.7 Å². The molecule has 0 aliphatic rings. The second-order valence-electron chi connectivity index (χ2n) is 5.74. The predicted octanol–water partition coefficient (Wildman–Crippen LogP) is 4.23. The van der Waals surface area contributed by atoms with Crippen molar-refractivity contribution >= 4 is 29.9 Å². The molecule has 0 radical (unpaired) electrons. The summed E-state index contributed by atoms with van der Waals surface area (Å²) in [4.78, 5) is 4.37. The summed E-state index contributed by atoms with van der Waals surface area (Å²) in [5.41, 5.74) is -0.186. The van der Waals surface area contributed by atoms with E-state index in [0.717, 1.165) is 17.9 Å². The van der Waals surface area contributed by atoms with Gasteiger partial charge in [0.15, 0.2) is 5.96 Å².